The summed E-state index contributed by atoms with van der Waals surface area (Å²) < 4.78 is 27.0. The molecule has 1 rings (SSSR count). The van der Waals surface area contributed by atoms with E-state index in [2.05, 4.69) is 12.2 Å². The van der Waals surface area contributed by atoms with Crippen LogP contribution in [0.1, 0.15) is 38.7 Å². The zero-order valence-electron chi connectivity index (χ0n) is 12.7. The Balaban J connectivity index is 2.43. The number of nitrogens with one attached hydrogen (secondary N) is 1. The maximum Gasteiger partial charge on any atom is 0.220 e. The topological polar surface area (TPSA) is 55.1 Å². The van der Waals surface area contributed by atoms with E-state index in [0.717, 1.165) is 12.8 Å². The highest BCUT2D eigenvalue weighted by Gasteiger charge is 2.14. The van der Waals surface area contributed by atoms with Crippen molar-refractivity contribution in [3.63, 3.8) is 0 Å². The van der Waals surface area contributed by atoms with Crippen LogP contribution < -0.4 is 11.1 Å². The van der Waals surface area contributed by atoms with Crippen molar-refractivity contribution >= 4 is 5.91 Å². The predicted molar refractivity (Wildman–Crippen MR) is 79.7 cm³/mol. The summed E-state index contributed by atoms with van der Waals surface area (Å²) in [5, 5.41) is 2.78. The summed E-state index contributed by atoms with van der Waals surface area (Å²) >= 11 is 0. The van der Waals surface area contributed by atoms with Crippen LogP contribution in [0.3, 0.4) is 0 Å². The fraction of sp³-hybridized carbons (Fsp3) is 0.562. The van der Waals surface area contributed by atoms with E-state index < -0.39 is 11.6 Å². The molecular formula is C16H24F2N2O. The molecule has 0 radical (unpaired) electrons. The van der Waals surface area contributed by atoms with Gasteiger partial charge in [0, 0.05) is 18.0 Å². The van der Waals surface area contributed by atoms with Crippen LogP contribution in [0.4, 0.5) is 8.78 Å². The van der Waals surface area contributed by atoms with Crippen molar-refractivity contribution in [2.75, 3.05) is 6.54 Å². The van der Waals surface area contributed by atoms with Crippen LogP contribution >= 0.6 is 0 Å². The molecule has 1 aromatic rings. The van der Waals surface area contributed by atoms with E-state index >= 15 is 0 Å². The van der Waals surface area contributed by atoms with Gasteiger partial charge >= 0.3 is 0 Å². The quantitative estimate of drug-likeness (QED) is 0.775. The molecule has 0 aliphatic heterocycles. The van der Waals surface area contributed by atoms with E-state index in [1.807, 2.05) is 0 Å². The normalized spacial score (nSPS) is 13.8. The number of carbonyl (C=O) groups is 1. The number of hydrogen-bond donors (Lipinski definition) is 2. The lowest BCUT2D eigenvalue weighted by Crippen LogP contribution is -2.34. The smallest absolute Gasteiger partial charge is 0.220 e. The third-order valence-corrected chi connectivity index (χ3v) is 3.50. The minimum absolute atomic E-state index is 0.0156. The summed E-state index contributed by atoms with van der Waals surface area (Å²) in [6.45, 7) is 4.41. The molecule has 0 aliphatic carbocycles. The molecule has 5 heteroatoms. The first-order valence-corrected chi connectivity index (χ1v) is 7.36. The van der Waals surface area contributed by atoms with Crippen molar-refractivity contribution < 1.29 is 13.6 Å². The van der Waals surface area contributed by atoms with Crippen molar-refractivity contribution in [1.82, 2.24) is 5.32 Å². The van der Waals surface area contributed by atoms with E-state index in [1.54, 1.807) is 6.92 Å². The van der Waals surface area contributed by atoms with Crippen molar-refractivity contribution in [2.45, 2.75) is 45.6 Å². The zero-order valence-corrected chi connectivity index (χ0v) is 12.7. The Bertz CT molecular complexity index is 445. The maximum atomic E-state index is 13.5. The Hall–Kier alpha value is -1.49. The van der Waals surface area contributed by atoms with Gasteiger partial charge in [0.1, 0.15) is 11.6 Å². The Morgan fingerprint density at radius 3 is 2.43 bits per heavy atom. The van der Waals surface area contributed by atoms with Crippen LogP contribution in [-0.4, -0.2) is 18.5 Å². The first-order valence-electron chi connectivity index (χ1n) is 7.36. The second kappa shape index (κ2) is 8.72. The highest BCUT2D eigenvalue weighted by atomic mass is 19.1. The van der Waals surface area contributed by atoms with Gasteiger partial charge in [-0.15, -0.1) is 0 Å². The minimum Gasteiger partial charge on any atom is -0.353 e. The number of carbonyl (C=O) groups excluding carboxylic acids is 1. The summed E-state index contributed by atoms with van der Waals surface area (Å²) in [6.07, 6.45) is 2.21. The van der Waals surface area contributed by atoms with Gasteiger partial charge in [-0.3, -0.25) is 4.79 Å². The predicted octanol–water partition coefficient (Wildman–Crippen LogP) is 2.78. The molecule has 3 N–H and O–H groups in total. The van der Waals surface area contributed by atoms with Crippen LogP contribution in [0.15, 0.2) is 18.2 Å². The SMILES string of the molecule is CC(CCN)CCC(=O)NC(C)Cc1c(F)cccc1F. The van der Waals surface area contributed by atoms with Crippen molar-refractivity contribution in [3.05, 3.63) is 35.4 Å². The second-order valence-electron chi connectivity index (χ2n) is 5.59. The summed E-state index contributed by atoms with van der Waals surface area (Å²) in [4.78, 5) is 11.8. The number of nitrogens with two attached hydrogens (primary N) is 1. The van der Waals surface area contributed by atoms with Crippen LogP contribution in [0.2, 0.25) is 0 Å². The average molecular weight is 298 g/mol. The van der Waals surface area contributed by atoms with Gasteiger partial charge in [0.2, 0.25) is 5.91 Å². The zero-order chi connectivity index (χ0) is 15.8. The molecule has 0 saturated heterocycles. The Morgan fingerprint density at radius 2 is 1.86 bits per heavy atom. The molecule has 118 valence electrons. The molecule has 0 bridgehead atoms. The number of benzene rings is 1. The highest BCUT2D eigenvalue weighted by molar-refractivity contribution is 5.76. The van der Waals surface area contributed by atoms with Gasteiger partial charge in [-0.25, -0.2) is 8.78 Å². The Kier molecular flexibility index (Phi) is 7.29. The average Bonchev–Trinajstić information content (AvgIpc) is 2.41. The fourth-order valence-electron chi connectivity index (χ4n) is 2.24. The lowest BCUT2D eigenvalue weighted by molar-refractivity contribution is -0.122. The molecule has 1 aromatic carbocycles. The minimum atomic E-state index is -0.576. The largest absolute Gasteiger partial charge is 0.353 e. The van der Waals surface area contributed by atoms with Gasteiger partial charge in [0.15, 0.2) is 0 Å². The van der Waals surface area contributed by atoms with Crippen molar-refractivity contribution in [1.29, 1.82) is 0 Å². The molecular weight excluding hydrogens is 274 g/mol. The summed E-state index contributed by atoms with van der Waals surface area (Å²) in [7, 11) is 0. The summed E-state index contributed by atoms with van der Waals surface area (Å²) in [5.41, 5.74) is 5.47. The Labute approximate surface area is 124 Å². The van der Waals surface area contributed by atoms with Gasteiger partial charge in [-0.05, 0) is 50.8 Å². The fourth-order valence-corrected chi connectivity index (χ4v) is 2.24. The molecule has 21 heavy (non-hydrogen) atoms. The first-order chi connectivity index (χ1) is 9.93. The monoisotopic (exact) mass is 298 g/mol. The van der Waals surface area contributed by atoms with Crippen LogP contribution in [0.5, 0.6) is 0 Å². The molecule has 3 nitrogen and oxygen atoms in total. The van der Waals surface area contributed by atoms with Gasteiger partial charge in [-0.1, -0.05) is 13.0 Å². The summed E-state index contributed by atoms with van der Waals surface area (Å²) in [5.74, 6) is -0.844. The lowest BCUT2D eigenvalue weighted by atomic mass is 10.0. The van der Waals surface area contributed by atoms with Crippen LogP contribution in [-0.2, 0) is 11.2 Å². The number of amides is 1. The molecule has 0 fully saturated rings. The van der Waals surface area contributed by atoms with Gasteiger partial charge in [-0.2, -0.15) is 0 Å². The van der Waals surface area contributed by atoms with Crippen LogP contribution in [0.25, 0.3) is 0 Å². The Morgan fingerprint density at radius 1 is 1.24 bits per heavy atom. The standard InChI is InChI=1S/C16H24F2N2O/c1-11(8-9-19)6-7-16(21)20-12(2)10-13-14(17)4-3-5-15(13)18/h3-5,11-12H,6-10,19H2,1-2H3,(H,20,21). The van der Waals surface area contributed by atoms with Gasteiger partial charge in [0.25, 0.3) is 0 Å². The van der Waals surface area contributed by atoms with E-state index in [-0.39, 0.29) is 23.9 Å². The van der Waals surface area contributed by atoms with E-state index in [0.29, 0.717) is 18.9 Å². The number of hydrogen-bond acceptors (Lipinski definition) is 2. The molecule has 0 saturated carbocycles. The molecule has 2 unspecified atom stereocenters. The number of halogens is 2. The van der Waals surface area contributed by atoms with Crippen molar-refractivity contribution in [2.24, 2.45) is 11.7 Å². The molecule has 0 spiro atoms. The third kappa shape index (κ3) is 6.21. The van der Waals surface area contributed by atoms with E-state index in [1.165, 1.54) is 18.2 Å². The maximum absolute atomic E-state index is 13.5. The molecule has 0 heterocycles. The highest BCUT2D eigenvalue weighted by Crippen LogP contribution is 2.14. The van der Waals surface area contributed by atoms with E-state index in [9.17, 15) is 13.6 Å². The molecule has 2 atom stereocenters. The third-order valence-electron chi connectivity index (χ3n) is 3.50. The number of rotatable bonds is 8. The molecule has 0 aromatic heterocycles. The lowest BCUT2D eigenvalue weighted by Gasteiger charge is -2.16. The van der Waals surface area contributed by atoms with E-state index in [4.69, 9.17) is 5.73 Å². The van der Waals surface area contributed by atoms with Crippen LogP contribution in [0, 0.1) is 17.6 Å². The van der Waals surface area contributed by atoms with Gasteiger partial charge < -0.3 is 11.1 Å². The summed E-state index contributed by atoms with van der Waals surface area (Å²) in [6, 6.07) is 3.47. The second-order valence-corrected chi connectivity index (χ2v) is 5.59. The molecule has 1 amide bonds. The van der Waals surface area contributed by atoms with Crippen molar-refractivity contribution in [3.8, 4) is 0 Å². The molecule has 0 aliphatic rings. The van der Waals surface area contributed by atoms with Gasteiger partial charge in [0.05, 0.1) is 0 Å². The first kappa shape index (κ1) is 17.6.